The number of hydrogen-bond acceptors (Lipinski definition) is 3. The summed E-state index contributed by atoms with van der Waals surface area (Å²) in [5, 5.41) is 0. The standard InChI is InChI=1S/C15H24N2O/c1-11(2)15-6-5-14(9-16-15)13(4)17-7-8-18-12(3)10-17/h5-6,9,11-13H,7-8,10H2,1-4H3. The molecule has 0 aliphatic carbocycles. The van der Waals surface area contributed by atoms with Crippen molar-refractivity contribution in [3.8, 4) is 0 Å². The Morgan fingerprint density at radius 3 is 2.67 bits per heavy atom. The van der Waals surface area contributed by atoms with Crippen molar-refractivity contribution in [3.63, 3.8) is 0 Å². The van der Waals surface area contributed by atoms with Crippen molar-refractivity contribution in [3.05, 3.63) is 29.6 Å². The van der Waals surface area contributed by atoms with Gasteiger partial charge in [-0.25, -0.2) is 0 Å². The highest BCUT2D eigenvalue weighted by atomic mass is 16.5. The van der Waals surface area contributed by atoms with Crippen molar-refractivity contribution in [2.45, 2.75) is 45.8 Å². The lowest BCUT2D eigenvalue weighted by Crippen LogP contribution is -2.42. The lowest BCUT2D eigenvalue weighted by Gasteiger charge is -2.35. The van der Waals surface area contributed by atoms with Crippen LogP contribution >= 0.6 is 0 Å². The molecule has 1 aliphatic rings. The fraction of sp³-hybridized carbons (Fsp3) is 0.667. The molecule has 18 heavy (non-hydrogen) atoms. The zero-order chi connectivity index (χ0) is 13.1. The van der Waals surface area contributed by atoms with E-state index in [4.69, 9.17) is 4.74 Å². The topological polar surface area (TPSA) is 25.4 Å². The Morgan fingerprint density at radius 2 is 2.11 bits per heavy atom. The van der Waals surface area contributed by atoms with Crippen LogP contribution in [-0.4, -0.2) is 35.7 Å². The molecule has 2 atom stereocenters. The van der Waals surface area contributed by atoms with Gasteiger partial charge in [-0.2, -0.15) is 0 Å². The minimum atomic E-state index is 0.337. The Hall–Kier alpha value is -0.930. The number of rotatable bonds is 3. The Kier molecular flexibility index (Phi) is 4.36. The third kappa shape index (κ3) is 3.09. The first-order chi connectivity index (χ1) is 8.58. The molecular weight excluding hydrogens is 224 g/mol. The van der Waals surface area contributed by atoms with E-state index in [1.807, 2.05) is 6.20 Å². The minimum Gasteiger partial charge on any atom is -0.376 e. The summed E-state index contributed by atoms with van der Waals surface area (Å²) in [6.07, 6.45) is 2.37. The monoisotopic (exact) mass is 248 g/mol. The Morgan fingerprint density at radius 1 is 1.33 bits per heavy atom. The van der Waals surface area contributed by atoms with Crippen molar-refractivity contribution in [1.29, 1.82) is 0 Å². The van der Waals surface area contributed by atoms with E-state index in [9.17, 15) is 0 Å². The molecule has 2 unspecified atom stereocenters. The lowest BCUT2D eigenvalue weighted by atomic mass is 10.0. The van der Waals surface area contributed by atoms with Crippen LogP contribution in [0.1, 0.15) is 50.9 Å². The lowest BCUT2D eigenvalue weighted by molar-refractivity contribution is -0.0320. The van der Waals surface area contributed by atoms with E-state index in [0.29, 0.717) is 18.1 Å². The van der Waals surface area contributed by atoms with Gasteiger partial charge in [0.1, 0.15) is 0 Å². The van der Waals surface area contributed by atoms with Crippen molar-refractivity contribution in [2.24, 2.45) is 0 Å². The highest BCUT2D eigenvalue weighted by Gasteiger charge is 2.22. The SMILES string of the molecule is CC1CN(C(C)c2ccc(C(C)C)nc2)CCO1. The van der Waals surface area contributed by atoms with Crippen molar-refractivity contribution >= 4 is 0 Å². The highest BCUT2D eigenvalue weighted by molar-refractivity contribution is 5.19. The Labute approximate surface area is 110 Å². The Bertz CT molecular complexity index is 375. The van der Waals surface area contributed by atoms with Gasteiger partial charge in [-0.15, -0.1) is 0 Å². The van der Waals surface area contributed by atoms with Crippen molar-refractivity contribution in [1.82, 2.24) is 9.88 Å². The van der Waals surface area contributed by atoms with Crippen LogP contribution in [0, 0.1) is 0 Å². The maximum absolute atomic E-state index is 5.59. The second kappa shape index (κ2) is 5.81. The smallest absolute Gasteiger partial charge is 0.0674 e. The van der Waals surface area contributed by atoms with Crippen LogP contribution in [0.15, 0.2) is 18.3 Å². The van der Waals surface area contributed by atoms with Gasteiger partial charge in [-0.05, 0) is 31.4 Å². The quantitative estimate of drug-likeness (QED) is 0.822. The summed E-state index contributed by atoms with van der Waals surface area (Å²) < 4.78 is 5.59. The van der Waals surface area contributed by atoms with Crippen molar-refractivity contribution in [2.75, 3.05) is 19.7 Å². The van der Waals surface area contributed by atoms with Gasteiger partial charge in [0.15, 0.2) is 0 Å². The molecule has 0 bridgehead atoms. The largest absolute Gasteiger partial charge is 0.376 e. The Balaban J connectivity index is 2.05. The molecule has 100 valence electrons. The predicted molar refractivity (Wildman–Crippen MR) is 73.7 cm³/mol. The van der Waals surface area contributed by atoms with E-state index >= 15 is 0 Å². The average Bonchev–Trinajstić information content (AvgIpc) is 2.38. The summed E-state index contributed by atoms with van der Waals surface area (Å²) in [7, 11) is 0. The normalized spacial score (nSPS) is 23.3. The number of hydrogen-bond donors (Lipinski definition) is 0. The van der Waals surface area contributed by atoms with Gasteiger partial charge in [0.05, 0.1) is 12.7 Å². The van der Waals surface area contributed by atoms with Crippen LogP contribution < -0.4 is 0 Å². The van der Waals surface area contributed by atoms with Gasteiger partial charge in [0, 0.05) is 31.0 Å². The zero-order valence-electron chi connectivity index (χ0n) is 11.9. The second-order valence-electron chi connectivity index (χ2n) is 5.52. The van der Waals surface area contributed by atoms with Crippen LogP contribution in [-0.2, 0) is 4.74 Å². The molecule has 0 saturated carbocycles. The van der Waals surface area contributed by atoms with Crippen LogP contribution in [0.25, 0.3) is 0 Å². The van der Waals surface area contributed by atoms with Crippen LogP contribution in [0.4, 0.5) is 0 Å². The molecule has 1 fully saturated rings. The molecule has 0 spiro atoms. The number of aromatic nitrogens is 1. The maximum Gasteiger partial charge on any atom is 0.0674 e. The molecule has 3 heteroatoms. The fourth-order valence-corrected chi connectivity index (χ4v) is 2.41. The van der Waals surface area contributed by atoms with E-state index < -0.39 is 0 Å². The maximum atomic E-state index is 5.59. The molecule has 0 amide bonds. The number of morpholine rings is 1. The molecule has 1 aromatic heterocycles. The van der Waals surface area contributed by atoms with Gasteiger partial charge < -0.3 is 4.74 Å². The number of pyridine rings is 1. The number of ether oxygens (including phenoxy) is 1. The molecule has 2 heterocycles. The van der Waals surface area contributed by atoms with Gasteiger partial charge in [-0.1, -0.05) is 19.9 Å². The molecule has 1 saturated heterocycles. The second-order valence-corrected chi connectivity index (χ2v) is 5.52. The zero-order valence-corrected chi connectivity index (χ0v) is 11.9. The average molecular weight is 248 g/mol. The molecule has 0 radical (unpaired) electrons. The molecular formula is C15H24N2O. The summed E-state index contributed by atoms with van der Waals surface area (Å²) in [6, 6.07) is 4.79. The molecule has 3 nitrogen and oxygen atoms in total. The van der Waals surface area contributed by atoms with Gasteiger partial charge in [0.25, 0.3) is 0 Å². The summed E-state index contributed by atoms with van der Waals surface area (Å²) in [6.45, 7) is 11.6. The molecule has 0 N–H and O–H groups in total. The fourth-order valence-electron chi connectivity index (χ4n) is 2.41. The first kappa shape index (κ1) is 13.5. The third-order valence-corrected chi connectivity index (χ3v) is 3.70. The third-order valence-electron chi connectivity index (χ3n) is 3.70. The predicted octanol–water partition coefficient (Wildman–Crippen LogP) is 2.99. The van der Waals surface area contributed by atoms with Gasteiger partial charge >= 0.3 is 0 Å². The van der Waals surface area contributed by atoms with E-state index in [2.05, 4.69) is 49.7 Å². The van der Waals surface area contributed by atoms with Crippen LogP contribution in [0.2, 0.25) is 0 Å². The molecule has 1 aromatic rings. The van der Waals surface area contributed by atoms with Gasteiger partial charge in [0.2, 0.25) is 0 Å². The molecule has 2 rings (SSSR count). The first-order valence-electron chi connectivity index (χ1n) is 6.89. The summed E-state index contributed by atoms with van der Waals surface area (Å²) in [5.74, 6) is 0.498. The van der Waals surface area contributed by atoms with E-state index in [-0.39, 0.29) is 0 Å². The van der Waals surface area contributed by atoms with E-state index in [1.54, 1.807) is 0 Å². The summed E-state index contributed by atoms with van der Waals surface area (Å²) in [4.78, 5) is 7.03. The van der Waals surface area contributed by atoms with E-state index in [0.717, 1.165) is 19.7 Å². The molecule has 1 aliphatic heterocycles. The van der Waals surface area contributed by atoms with Crippen molar-refractivity contribution < 1.29 is 4.74 Å². The van der Waals surface area contributed by atoms with E-state index in [1.165, 1.54) is 11.3 Å². The van der Waals surface area contributed by atoms with Gasteiger partial charge in [-0.3, -0.25) is 9.88 Å². The number of nitrogens with zero attached hydrogens (tertiary/aromatic N) is 2. The molecule has 0 aromatic carbocycles. The first-order valence-corrected chi connectivity index (χ1v) is 6.89. The van der Waals surface area contributed by atoms with Crippen LogP contribution in [0.5, 0.6) is 0 Å². The summed E-state index contributed by atoms with van der Waals surface area (Å²) in [5.41, 5.74) is 2.47. The van der Waals surface area contributed by atoms with Crippen LogP contribution in [0.3, 0.4) is 0 Å². The minimum absolute atomic E-state index is 0.337. The highest BCUT2D eigenvalue weighted by Crippen LogP contribution is 2.23. The summed E-state index contributed by atoms with van der Waals surface area (Å²) >= 11 is 0.